The summed E-state index contributed by atoms with van der Waals surface area (Å²) in [4.78, 5) is 27.8. The van der Waals surface area contributed by atoms with Gasteiger partial charge in [0.15, 0.2) is 22.7 Å². The number of nitrogens with two attached hydrogens (primary N) is 1. The Bertz CT molecular complexity index is 1400. The first-order valence-electron chi connectivity index (χ1n) is 11.6. The third-order valence-corrected chi connectivity index (χ3v) is 6.87. The summed E-state index contributed by atoms with van der Waals surface area (Å²) in [5, 5.41) is 4.49. The molecule has 0 atom stereocenters. The van der Waals surface area contributed by atoms with Crippen LogP contribution in [0.2, 0.25) is 10.0 Å². The van der Waals surface area contributed by atoms with Gasteiger partial charge < -0.3 is 15.4 Å². The second-order valence-electron chi connectivity index (χ2n) is 8.53. The lowest BCUT2D eigenvalue weighted by molar-refractivity contribution is -0.0283. The molecule has 186 valence electrons. The number of anilines is 1. The molecule has 0 unspecified atom stereocenters. The average molecular weight is 526 g/mol. The Morgan fingerprint density at radius 3 is 2.50 bits per heavy atom. The molecule has 1 amide bonds. The van der Waals surface area contributed by atoms with Crippen molar-refractivity contribution in [1.29, 1.82) is 0 Å². The van der Waals surface area contributed by atoms with E-state index in [2.05, 4.69) is 20.2 Å². The summed E-state index contributed by atoms with van der Waals surface area (Å²) in [5.41, 5.74) is 7.46. The van der Waals surface area contributed by atoms with Crippen LogP contribution in [0.25, 0.3) is 28.2 Å². The number of hydrogen-bond acceptors (Lipinski definition) is 7. The molecule has 0 radical (unpaired) electrons. The molecule has 36 heavy (non-hydrogen) atoms. The predicted octanol–water partition coefficient (Wildman–Crippen LogP) is 4.79. The minimum atomic E-state index is -0.797. The second-order valence-corrected chi connectivity index (χ2v) is 9.37. The van der Waals surface area contributed by atoms with Crippen molar-refractivity contribution in [2.75, 3.05) is 24.5 Å². The molecule has 5 rings (SSSR count). The number of imidazole rings is 1. The number of piperidine rings is 1. The van der Waals surface area contributed by atoms with Gasteiger partial charge in [0.2, 0.25) is 0 Å². The van der Waals surface area contributed by atoms with Gasteiger partial charge >= 0.3 is 6.09 Å². The van der Waals surface area contributed by atoms with Crippen molar-refractivity contribution >= 4 is 46.3 Å². The number of aromatic nitrogens is 4. The highest BCUT2D eigenvalue weighted by molar-refractivity contribution is 6.33. The molecule has 1 aliphatic rings. The van der Waals surface area contributed by atoms with Crippen LogP contribution >= 0.6 is 23.2 Å². The Morgan fingerprint density at radius 2 is 1.83 bits per heavy atom. The van der Waals surface area contributed by atoms with Crippen molar-refractivity contribution in [3.63, 3.8) is 0 Å². The van der Waals surface area contributed by atoms with Crippen molar-refractivity contribution in [3.05, 3.63) is 64.9 Å². The Hall–Kier alpha value is -3.40. The van der Waals surface area contributed by atoms with Crippen LogP contribution in [0.4, 0.5) is 10.6 Å². The molecule has 3 heterocycles. The Labute approximate surface area is 218 Å². The maximum absolute atomic E-state index is 11.5. The first kappa shape index (κ1) is 24.3. The van der Waals surface area contributed by atoms with Gasteiger partial charge in [-0.15, -0.1) is 0 Å². The minimum Gasteiger partial charge on any atom is -0.428 e. The summed E-state index contributed by atoms with van der Waals surface area (Å²) in [7, 11) is 0. The summed E-state index contributed by atoms with van der Waals surface area (Å²) in [6.07, 6.45) is 1.84. The predicted molar refractivity (Wildman–Crippen MR) is 141 cm³/mol. The first-order valence-corrected chi connectivity index (χ1v) is 12.4. The largest absolute Gasteiger partial charge is 0.428 e. The van der Waals surface area contributed by atoms with E-state index in [1.165, 1.54) is 6.33 Å². The van der Waals surface area contributed by atoms with Crippen molar-refractivity contribution in [1.82, 2.24) is 24.8 Å². The van der Waals surface area contributed by atoms with E-state index in [-0.39, 0.29) is 0 Å². The van der Waals surface area contributed by atoms with E-state index >= 15 is 0 Å². The van der Waals surface area contributed by atoms with E-state index in [0.717, 1.165) is 11.3 Å². The fraction of sp³-hybridized carbons (Fsp3) is 0.280. The van der Waals surface area contributed by atoms with Gasteiger partial charge in [-0.3, -0.25) is 9.88 Å². The Balaban J connectivity index is 1.60. The summed E-state index contributed by atoms with van der Waals surface area (Å²) < 4.78 is 7.44. The van der Waals surface area contributed by atoms with Crippen LogP contribution in [0.3, 0.4) is 0 Å². The van der Waals surface area contributed by atoms with Gasteiger partial charge in [0.25, 0.3) is 0 Å². The zero-order valence-electron chi connectivity index (χ0n) is 19.6. The number of rotatable bonds is 6. The molecule has 3 N–H and O–H groups in total. The van der Waals surface area contributed by atoms with Gasteiger partial charge in [-0.05, 0) is 42.9 Å². The van der Waals surface area contributed by atoms with Crippen LogP contribution in [0.15, 0.2) is 54.9 Å². The van der Waals surface area contributed by atoms with E-state index in [1.807, 2.05) is 60.0 Å². The topological polar surface area (TPSA) is 111 Å². The molecule has 0 aliphatic carbocycles. The van der Waals surface area contributed by atoms with Crippen molar-refractivity contribution in [2.24, 2.45) is 5.73 Å². The maximum atomic E-state index is 11.5. The second kappa shape index (κ2) is 9.93. The number of primary amides is 1. The van der Waals surface area contributed by atoms with Gasteiger partial charge in [-0.25, -0.2) is 19.7 Å². The lowest BCUT2D eigenvalue weighted by Crippen LogP contribution is -2.56. The molecule has 1 aliphatic heterocycles. The fourth-order valence-electron chi connectivity index (χ4n) is 4.68. The Kier molecular flexibility index (Phi) is 6.70. The number of nitrogens with zero attached hydrogens (tertiary/aromatic N) is 5. The van der Waals surface area contributed by atoms with E-state index in [9.17, 15) is 4.79 Å². The standard InChI is InChI=1S/C25H25Cl2N7O2/c1-2-31-25(36-24(28)35)11-13-33(14-12-25)22-20-23(30-15-29-22)34(17-9-7-16(26)8-10-17)21(32-20)18-5-3-4-6-19(18)27/h3-10,15,31H,2,11-14H2,1H3,(H2,28,35). The first-order chi connectivity index (χ1) is 17.4. The van der Waals surface area contributed by atoms with Crippen molar-refractivity contribution < 1.29 is 9.53 Å². The molecule has 2 aromatic heterocycles. The van der Waals surface area contributed by atoms with Crippen LogP contribution < -0.4 is 16.0 Å². The van der Waals surface area contributed by atoms with Gasteiger partial charge in [0, 0.05) is 42.2 Å². The molecule has 9 nitrogen and oxygen atoms in total. The molecule has 1 saturated heterocycles. The smallest absolute Gasteiger partial charge is 0.406 e. The minimum absolute atomic E-state index is 0.546. The highest BCUT2D eigenvalue weighted by Gasteiger charge is 2.38. The molecule has 0 spiro atoms. The summed E-state index contributed by atoms with van der Waals surface area (Å²) in [6, 6.07) is 15.0. The SMILES string of the molecule is CCNC1(OC(N)=O)CCN(c2ncnc3c2nc(-c2ccccc2Cl)n3-c2ccc(Cl)cc2)CC1. The zero-order chi connectivity index (χ0) is 25.3. The highest BCUT2D eigenvalue weighted by Crippen LogP contribution is 2.36. The Morgan fingerprint density at radius 1 is 1.11 bits per heavy atom. The van der Waals surface area contributed by atoms with Crippen molar-refractivity contribution in [3.8, 4) is 17.1 Å². The molecular weight excluding hydrogens is 501 g/mol. The van der Waals surface area contributed by atoms with Crippen LogP contribution in [-0.2, 0) is 4.74 Å². The van der Waals surface area contributed by atoms with Crippen molar-refractivity contribution in [2.45, 2.75) is 25.5 Å². The van der Waals surface area contributed by atoms with Gasteiger partial charge in [-0.1, -0.05) is 42.3 Å². The van der Waals surface area contributed by atoms with Gasteiger partial charge in [0.05, 0.1) is 5.02 Å². The normalized spacial score (nSPS) is 15.2. The number of carbonyl (C=O) groups excluding carboxylic acids is 1. The molecule has 4 aromatic rings. The molecule has 2 aromatic carbocycles. The lowest BCUT2D eigenvalue weighted by Gasteiger charge is -2.41. The number of benzene rings is 2. The highest BCUT2D eigenvalue weighted by atomic mass is 35.5. The van der Waals surface area contributed by atoms with Gasteiger partial charge in [0.1, 0.15) is 12.2 Å². The van der Waals surface area contributed by atoms with Crippen LogP contribution in [-0.4, -0.2) is 51.0 Å². The molecule has 1 fully saturated rings. The number of amides is 1. The third-order valence-electron chi connectivity index (χ3n) is 6.29. The lowest BCUT2D eigenvalue weighted by atomic mass is 10.00. The summed E-state index contributed by atoms with van der Waals surface area (Å²) in [5.74, 6) is 1.35. The molecular formula is C25H25Cl2N7O2. The summed E-state index contributed by atoms with van der Waals surface area (Å²) >= 11 is 12.7. The summed E-state index contributed by atoms with van der Waals surface area (Å²) in [6.45, 7) is 3.78. The third kappa shape index (κ3) is 4.57. The number of carbonyl (C=O) groups is 1. The quantitative estimate of drug-likeness (QED) is 0.348. The van der Waals surface area contributed by atoms with Crippen LogP contribution in [0.1, 0.15) is 19.8 Å². The number of halogens is 2. The number of nitrogens with one attached hydrogen (secondary N) is 1. The number of fused-ring (bicyclic) bond motifs is 1. The van der Waals surface area contributed by atoms with E-state index in [0.29, 0.717) is 65.3 Å². The fourth-order valence-corrected chi connectivity index (χ4v) is 5.03. The molecule has 11 heteroatoms. The zero-order valence-corrected chi connectivity index (χ0v) is 21.1. The molecule has 0 saturated carbocycles. The van der Waals surface area contributed by atoms with E-state index < -0.39 is 11.8 Å². The van der Waals surface area contributed by atoms with E-state index in [4.69, 9.17) is 38.7 Å². The monoisotopic (exact) mass is 525 g/mol. The van der Waals surface area contributed by atoms with Gasteiger partial charge in [-0.2, -0.15) is 0 Å². The molecule has 0 bridgehead atoms. The maximum Gasteiger partial charge on any atom is 0.406 e. The van der Waals surface area contributed by atoms with Crippen LogP contribution in [0, 0.1) is 0 Å². The average Bonchev–Trinajstić information content (AvgIpc) is 3.25. The number of hydrogen-bond donors (Lipinski definition) is 2. The number of ether oxygens (including phenoxy) is 1. The van der Waals surface area contributed by atoms with Crippen LogP contribution in [0.5, 0.6) is 0 Å². The van der Waals surface area contributed by atoms with E-state index in [1.54, 1.807) is 0 Å².